The number of nitrogens with one attached hydrogen (secondary N) is 2. The van der Waals surface area contributed by atoms with Crippen LogP contribution in [0.25, 0.3) is 0 Å². The molecule has 0 aromatic heterocycles. The summed E-state index contributed by atoms with van der Waals surface area (Å²) in [4.78, 5) is 23.4. The van der Waals surface area contributed by atoms with Crippen molar-refractivity contribution in [1.29, 1.82) is 0 Å². The van der Waals surface area contributed by atoms with Crippen LogP contribution in [0.4, 0.5) is 11.4 Å². The zero-order valence-electron chi connectivity index (χ0n) is 13.1. The highest BCUT2D eigenvalue weighted by molar-refractivity contribution is 5.94. The van der Waals surface area contributed by atoms with E-state index in [1.54, 1.807) is 6.07 Å². The minimum Gasteiger partial charge on any atom is -0.326 e. The second-order valence-electron chi connectivity index (χ2n) is 5.24. The molecule has 0 bridgehead atoms. The van der Waals surface area contributed by atoms with Gasteiger partial charge in [-0.25, -0.2) is 0 Å². The number of rotatable bonds is 9. The monoisotopic (exact) mass is 290 g/mol. The summed E-state index contributed by atoms with van der Waals surface area (Å²) in [7, 11) is 0. The normalized spacial score (nSPS) is 10.2. The molecule has 0 spiro atoms. The van der Waals surface area contributed by atoms with E-state index in [0.717, 1.165) is 30.6 Å². The van der Waals surface area contributed by atoms with Crippen LogP contribution in [0.5, 0.6) is 0 Å². The fourth-order valence-electron chi connectivity index (χ4n) is 2.06. The molecule has 0 saturated heterocycles. The lowest BCUT2D eigenvalue weighted by Gasteiger charge is -2.08. The minimum absolute atomic E-state index is 0.000502. The molecule has 4 heteroatoms. The molecule has 0 aliphatic carbocycles. The summed E-state index contributed by atoms with van der Waals surface area (Å²) in [5, 5.41) is 5.70. The summed E-state index contributed by atoms with van der Waals surface area (Å²) in [5.74, 6) is 0.0312. The van der Waals surface area contributed by atoms with Crippen molar-refractivity contribution in [1.82, 2.24) is 0 Å². The van der Waals surface area contributed by atoms with E-state index in [1.165, 1.54) is 12.8 Å². The maximum atomic E-state index is 11.8. The zero-order chi connectivity index (χ0) is 15.5. The van der Waals surface area contributed by atoms with Crippen molar-refractivity contribution >= 4 is 23.2 Å². The van der Waals surface area contributed by atoms with E-state index in [0.29, 0.717) is 12.8 Å². The van der Waals surface area contributed by atoms with Gasteiger partial charge in [-0.15, -0.1) is 0 Å². The Morgan fingerprint density at radius 2 is 1.48 bits per heavy atom. The number of benzene rings is 1. The molecule has 0 fully saturated rings. The molecule has 0 aliphatic heterocycles. The summed E-state index contributed by atoms with van der Waals surface area (Å²) >= 11 is 0. The summed E-state index contributed by atoms with van der Waals surface area (Å²) in [6.07, 6.45) is 6.23. The molecule has 21 heavy (non-hydrogen) atoms. The molecule has 0 saturated carbocycles. The Bertz CT molecular complexity index is 458. The highest BCUT2D eigenvalue weighted by Crippen LogP contribution is 2.16. The fourth-order valence-corrected chi connectivity index (χ4v) is 2.06. The van der Waals surface area contributed by atoms with Gasteiger partial charge in [-0.05, 0) is 31.0 Å². The number of anilines is 2. The molecule has 1 aromatic rings. The zero-order valence-corrected chi connectivity index (χ0v) is 13.1. The van der Waals surface area contributed by atoms with Crippen LogP contribution < -0.4 is 10.6 Å². The molecule has 0 radical (unpaired) electrons. The van der Waals surface area contributed by atoms with E-state index < -0.39 is 0 Å². The number of amides is 2. The van der Waals surface area contributed by atoms with Crippen LogP contribution in [0.15, 0.2) is 24.3 Å². The lowest BCUT2D eigenvalue weighted by atomic mass is 10.1. The molecule has 1 aromatic carbocycles. The van der Waals surface area contributed by atoms with Gasteiger partial charge in [0.1, 0.15) is 0 Å². The van der Waals surface area contributed by atoms with Crippen LogP contribution in [0.3, 0.4) is 0 Å². The van der Waals surface area contributed by atoms with Crippen molar-refractivity contribution in [2.75, 3.05) is 10.6 Å². The third-order valence-electron chi connectivity index (χ3n) is 3.16. The molecule has 0 atom stereocenters. The highest BCUT2D eigenvalue weighted by atomic mass is 16.2. The summed E-state index contributed by atoms with van der Waals surface area (Å²) in [5.41, 5.74) is 1.45. The predicted octanol–water partition coefficient (Wildman–Crippen LogP) is 4.33. The van der Waals surface area contributed by atoms with Gasteiger partial charge in [-0.3, -0.25) is 9.59 Å². The lowest BCUT2D eigenvalue weighted by Crippen LogP contribution is -2.13. The van der Waals surface area contributed by atoms with Crippen LogP contribution in [0.2, 0.25) is 0 Å². The number of unbranched alkanes of at least 4 members (excludes halogenated alkanes) is 3. The number of hydrogen-bond donors (Lipinski definition) is 2. The predicted molar refractivity (Wildman–Crippen MR) is 87.4 cm³/mol. The van der Waals surface area contributed by atoms with E-state index in [4.69, 9.17) is 0 Å². The first-order chi connectivity index (χ1) is 10.2. The van der Waals surface area contributed by atoms with Crippen LogP contribution in [0, 0.1) is 0 Å². The first-order valence-corrected chi connectivity index (χ1v) is 7.85. The Hall–Kier alpha value is -1.84. The Morgan fingerprint density at radius 1 is 0.857 bits per heavy atom. The van der Waals surface area contributed by atoms with Gasteiger partial charge < -0.3 is 10.6 Å². The van der Waals surface area contributed by atoms with E-state index >= 15 is 0 Å². The Morgan fingerprint density at radius 3 is 2.05 bits per heavy atom. The maximum absolute atomic E-state index is 11.8. The molecule has 4 nitrogen and oxygen atoms in total. The van der Waals surface area contributed by atoms with Crippen LogP contribution >= 0.6 is 0 Å². The average molecular weight is 290 g/mol. The summed E-state index contributed by atoms with van der Waals surface area (Å²) < 4.78 is 0. The fraction of sp³-hybridized carbons (Fsp3) is 0.529. The van der Waals surface area contributed by atoms with E-state index in [1.807, 2.05) is 25.1 Å². The molecule has 0 unspecified atom stereocenters. The van der Waals surface area contributed by atoms with Crippen LogP contribution in [-0.2, 0) is 9.59 Å². The van der Waals surface area contributed by atoms with Crippen molar-refractivity contribution in [3.05, 3.63) is 24.3 Å². The number of hydrogen-bond acceptors (Lipinski definition) is 2. The van der Waals surface area contributed by atoms with Crippen molar-refractivity contribution in [3.8, 4) is 0 Å². The lowest BCUT2D eigenvalue weighted by molar-refractivity contribution is -0.117. The Balaban J connectivity index is 2.44. The standard InChI is InChI=1S/C17H26N2O2/c1-3-5-6-7-12-17(21)19-15-11-8-10-14(13-15)18-16(20)9-4-2/h8,10-11,13H,3-7,9,12H2,1-2H3,(H,18,20)(H,19,21). The van der Waals surface area contributed by atoms with Crippen molar-refractivity contribution in [2.45, 2.75) is 58.8 Å². The van der Waals surface area contributed by atoms with E-state index in [9.17, 15) is 9.59 Å². The van der Waals surface area contributed by atoms with Crippen molar-refractivity contribution < 1.29 is 9.59 Å². The molecular weight excluding hydrogens is 264 g/mol. The van der Waals surface area contributed by atoms with Gasteiger partial charge in [0.15, 0.2) is 0 Å². The van der Waals surface area contributed by atoms with Gasteiger partial charge in [0.2, 0.25) is 11.8 Å². The van der Waals surface area contributed by atoms with Crippen LogP contribution in [0.1, 0.15) is 58.8 Å². The third kappa shape index (κ3) is 7.49. The molecular formula is C17H26N2O2. The SMILES string of the molecule is CCCCCCC(=O)Nc1cccc(NC(=O)CCC)c1. The van der Waals surface area contributed by atoms with Crippen molar-refractivity contribution in [2.24, 2.45) is 0 Å². The molecule has 116 valence electrons. The van der Waals surface area contributed by atoms with Gasteiger partial charge in [0.25, 0.3) is 0 Å². The van der Waals surface area contributed by atoms with Gasteiger partial charge in [-0.2, -0.15) is 0 Å². The molecule has 0 heterocycles. The van der Waals surface area contributed by atoms with E-state index in [-0.39, 0.29) is 11.8 Å². The third-order valence-corrected chi connectivity index (χ3v) is 3.16. The maximum Gasteiger partial charge on any atom is 0.224 e. The first-order valence-electron chi connectivity index (χ1n) is 7.85. The number of carbonyl (C=O) groups is 2. The Kier molecular flexibility index (Phi) is 8.17. The van der Waals surface area contributed by atoms with Gasteiger partial charge >= 0.3 is 0 Å². The van der Waals surface area contributed by atoms with Gasteiger partial charge in [-0.1, -0.05) is 39.2 Å². The van der Waals surface area contributed by atoms with E-state index in [2.05, 4.69) is 17.6 Å². The van der Waals surface area contributed by atoms with Gasteiger partial charge in [0.05, 0.1) is 0 Å². The first kappa shape index (κ1) is 17.2. The van der Waals surface area contributed by atoms with Gasteiger partial charge in [0, 0.05) is 24.2 Å². The largest absolute Gasteiger partial charge is 0.326 e. The van der Waals surface area contributed by atoms with Crippen LogP contribution in [-0.4, -0.2) is 11.8 Å². The molecule has 2 N–H and O–H groups in total. The minimum atomic E-state index is 0.000502. The Labute approximate surface area is 127 Å². The number of carbonyl (C=O) groups excluding carboxylic acids is 2. The molecule has 1 rings (SSSR count). The summed E-state index contributed by atoms with van der Waals surface area (Å²) in [6.45, 7) is 4.12. The topological polar surface area (TPSA) is 58.2 Å². The quantitative estimate of drug-likeness (QED) is 0.665. The second kappa shape index (κ2) is 9.97. The highest BCUT2D eigenvalue weighted by Gasteiger charge is 2.04. The molecule has 0 aliphatic rings. The van der Waals surface area contributed by atoms with Crippen molar-refractivity contribution in [3.63, 3.8) is 0 Å². The summed E-state index contributed by atoms with van der Waals surface area (Å²) in [6, 6.07) is 7.27. The average Bonchev–Trinajstić information content (AvgIpc) is 2.44. The second-order valence-corrected chi connectivity index (χ2v) is 5.24. The smallest absolute Gasteiger partial charge is 0.224 e. The molecule has 2 amide bonds.